The summed E-state index contributed by atoms with van der Waals surface area (Å²) in [5, 5.41) is 9.55. The Morgan fingerprint density at radius 3 is 2.26 bits per heavy atom. The van der Waals surface area contributed by atoms with Gasteiger partial charge in [-0.15, -0.1) is 0 Å². The predicted octanol–water partition coefficient (Wildman–Crippen LogP) is 4.71. The highest BCUT2D eigenvalue weighted by molar-refractivity contribution is 5.20. The van der Waals surface area contributed by atoms with Gasteiger partial charge in [0.15, 0.2) is 0 Å². The topological polar surface area (TPSA) is 33.0 Å². The van der Waals surface area contributed by atoms with Crippen molar-refractivity contribution in [3.05, 3.63) is 30.3 Å². The van der Waals surface area contributed by atoms with Crippen molar-refractivity contribution in [3.63, 3.8) is 0 Å². The van der Waals surface area contributed by atoms with Crippen molar-refractivity contribution in [3.8, 4) is 11.8 Å². The lowest BCUT2D eigenvalue weighted by Gasteiger charge is -2.28. The van der Waals surface area contributed by atoms with Crippen molar-refractivity contribution in [2.45, 2.75) is 51.4 Å². The monoisotopic (exact) mass is 257 g/mol. The molecule has 0 atom stereocenters. The van der Waals surface area contributed by atoms with Crippen molar-refractivity contribution < 1.29 is 4.74 Å². The molecule has 0 heterocycles. The van der Waals surface area contributed by atoms with E-state index in [2.05, 4.69) is 6.07 Å². The number of benzene rings is 1. The van der Waals surface area contributed by atoms with Crippen LogP contribution < -0.4 is 4.74 Å². The van der Waals surface area contributed by atoms with E-state index in [4.69, 9.17) is 4.74 Å². The number of nitriles is 1. The second kappa shape index (κ2) is 7.19. The van der Waals surface area contributed by atoms with Gasteiger partial charge < -0.3 is 4.74 Å². The van der Waals surface area contributed by atoms with E-state index in [1.165, 1.54) is 32.1 Å². The highest BCUT2D eigenvalue weighted by Gasteiger charge is 2.30. The lowest BCUT2D eigenvalue weighted by atomic mass is 9.75. The van der Waals surface area contributed by atoms with E-state index in [0.29, 0.717) is 6.61 Å². The minimum absolute atomic E-state index is 0.144. The fourth-order valence-electron chi connectivity index (χ4n) is 2.88. The van der Waals surface area contributed by atoms with Gasteiger partial charge in [-0.05, 0) is 25.0 Å². The van der Waals surface area contributed by atoms with Gasteiger partial charge in [0.05, 0.1) is 18.1 Å². The zero-order valence-electron chi connectivity index (χ0n) is 11.6. The molecule has 0 radical (unpaired) electrons. The lowest BCUT2D eigenvalue weighted by Crippen LogP contribution is -2.23. The first kappa shape index (κ1) is 13.9. The highest BCUT2D eigenvalue weighted by Crippen LogP contribution is 2.36. The predicted molar refractivity (Wildman–Crippen MR) is 76.9 cm³/mol. The number of para-hydroxylation sites is 1. The molecular weight excluding hydrogens is 234 g/mol. The summed E-state index contributed by atoms with van der Waals surface area (Å²) in [7, 11) is 0. The van der Waals surface area contributed by atoms with Crippen LogP contribution in [0, 0.1) is 16.7 Å². The van der Waals surface area contributed by atoms with Crippen LogP contribution in [0.4, 0.5) is 0 Å². The van der Waals surface area contributed by atoms with E-state index in [-0.39, 0.29) is 5.41 Å². The smallest absolute Gasteiger partial charge is 0.119 e. The Labute approximate surface area is 116 Å². The van der Waals surface area contributed by atoms with Gasteiger partial charge in [-0.2, -0.15) is 5.26 Å². The Bertz CT molecular complexity index is 399. The first-order valence-electron chi connectivity index (χ1n) is 7.44. The van der Waals surface area contributed by atoms with Crippen LogP contribution in [0.15, 0.2) is 30.3 Å². The van der Waals surface area contributed by atoms with Crippen LogP contribution in [0.3, 0.4) is 0 Å². The molecule has 1 saturated carbocycles. The van der Waals surface area contributed by atoms with Crippen LogP contribution >= 0.6 is 0 Å². The second-order valence-corrected chi connectivity index (χ2v) is 5.57. The number of hydrogen-bond donors (Lipinski definition) is 0. The summed E-state index contributed by atoms with van der Waals surface area (Å²) in [5.41, 5.74) is -0.144. The first-order chi connectivity index (χ1) is 9.35. The zero-order valence-corrected chi connectivity index (χ0v) is 11.6. The second-order valence-electron chi connectivity index (χ2n) is 5.57. The molecule has 0 aliphatic heterocycles. The molecule has 1 fully saturated rings. The quantitative estimate of drug-likeness (QED) is 0.782. The van der Waals surface area contributed by atoms with E-state index in [9.17, 15) is 5.26 Å². The molecule has 1 aromatic rings. The van der Waals surface area contributed by atoms with Crippen LogP contribution in [0.1, 0.15) is 51.4 Å². The van der Waals surface area contributed by atoms with E-state index < -0.39 is 0 Å². The Morgan fingerprint density at radius 2 is 1.63 bits per heavy atom. The van der Waals surface area contributed by atoms with Gasteiger partial charge in [0.1, 0.15) is 5.75 Å². The van der Waals surface area contributed by atoms with Gasteiger partial charge in [-0.3, -0.25) is 0 Å². The average Bonchev–Trinajstić information content (AvgIpc) is 2.43. The maximum atomic E-state index is 9.55. The third-order valence-corrected chi connectivity index (χ3v) is 4.14. The van der Waals surface area contributed by atoms with Crippen LogP contribution in [0.25, 0.3) is 0 Å². The molecule has 1 aromatic carbocycles. The maximum absolute atomic E-state index is 9.55. The van der Waals surface area contributed by atoms with Gasteiger partial charge in [-0.25, -0.2) is 0 Å². The molecule has 0 aromatic heterocycles. The largest absolute Gasteiger partial charge is 0.494 e. The first-order valence-corrected chi connectivity index (χ1v) is 7.44. The van der Waals surface area contributed by atoms with Crippen molar-refractivity contribution in [1.29, 1.82) is 5.26 Å². The number of hydrogen-bond acceptors (Lipinski definition) is 2. The molecule has 1 aliphatic rings. The van der Waals surface area contributed by atoms with Gasteiger partial charge in [0, 0.05) is 6.42 Å². The molecule has 0 spiro atoms. The molecule has 2 nitrogen and oxygen atoms in total. The summed E-state index contributed by atoms with van der Waals surface area (Å²) < 4.78 is 5.76. The Hall–Kier alpha value is -1.49. The summed E-state index contributed by atoms with van der Waals surface area (Å²) in [5.74, 6) is 0.904. The summed E-state index contributed by atoms with van der Waals surface area (Å²) in [6.07, 6.45) is 9.23. The van der Waals surface area contributed by atoms with Crippen molar-refractivity contribution >= 4 is 0 Å². The summed E-state index contributed by atoms with van der Waals surface area (Å²) in [6.45, 7) is 0.650. The van der Waals surface area contributed by atoms with E-state index in [0.717, 1.165) is 25.0 Å². The number of ether oxygens (including phenoxy) is 1. The Balaban J connectivity index is 1.85. The van der Waals surface area contributed by atoms with Gasteiger partial charge in [0.2, 0.25) is 0 Å². The van der Waals surface area contributed by atoms with Gasteiger partial charge >= 0.3 is 0 Å². The van der Waals surface area contributed by atoms with Crippen molar-refractivity contribution in [2.24, 2.45) is 5.41 Å². The summed E-state index contributed by atoms with van der Waals surface area (Å²) in [6, 6.07) is 12.5. The van der Waals surface area contributed by atoms with Crippen LogP contribution in [-0.2, 0) is 0 Å². The van der Waals surface area contributed by atoms with E-state index in [1.54, 1.807) is 0 Å². The van der Waals surface area contributed by atoms with Crippen LogP contribution in [0.2, 0.25) is 0 Å². The normalized spacial score (nSPS) is 18.9. The molecule has 19 heavy (non-hydrogen) atoms. The standard InChI is InChI=1S/C17H23NO/c18-15-17(11-7-2-1-3-8-12-17)13-14-19-16-9-5-4-6-10-16/h4-6,9-10H,1-3,7-8,11-14H2. The molecule has 0 N–H and O–H groups in total. The molecular formula is C17H23NO. The molecule has 1 aliphatic carbocycles. The third-order valence-electron chi connectivity index (χ3n) is 4.14. The molecule has 0 unspecified atom stereocenters. The third kappa shape index (κ3) is 4.28. The van der Waals surface area contributed by atoms with Crippen LogP contribution in [0.5, 0.6) is 5.75 Å². The summed E-state index contributed by atoms with van der Waals surface area (Å²) >= 11 is 0. The summed E-state index contributed by atoms with van der Waals surface area (Å²) in [4.78, 5) is 0. The maximum Gasteiger partial charge on any atom is 0.119 e. The van der Waals surface area contributed by atoms with E-state index >= 15 is 0 Å². The molecule has 0 amide bonds. The minimum atomic E-state index is -0.144. The number of nitrogens with zero attached hydrogens (tertiary/aromatic N) is 1. The Morgan fingerprint density at radius 1 is 1.00 bits per heavy atom. The fourth-order valence-corrected chi connectivity index (χ4v) is 2.88. The van der Waals surface area contributed by atoms with E-state index in [1.807, 2.05) is 30.3 Å². The lowest BCUT2D eigenvalue weighted by molar-refractivity contribution is 0.205. The number of rotatable bonds is 4. The molecule has 102 valence electrons. The van der Waals surface area contributed by atoms with Crippen LogP contribution in [-0.4, -0.2) is 6.61 Å². The highest BCUT2D eigenvalue weighted by atomic mass is 16.5. The molecule has 0 bridgehead atoms. The Kier molecular flexibility index (Phi) is 5.27. The fraction of sp³-hybridized carbons (Fsp3) is 0.588. The molecule has 0 saturated heterocycles. The van der Waals surface area contributed by atoms with Crippen molar-refractivity contribution in [1.82, 2.24) is 0 Å². The SMILES string of the molecule is N#CC1(CCOc2ccccc2)CCCCCCC1. The van der Waals surface area contributed by atoms with Gasteiger partial charge in [0.25, 0.3) is 0 Å². The van der Waals surface area contributed by atoms with Crippen molar-refractivity contribution in [2.75, 3.05) is 6.61 Å². The zero-order chi connectivity index (χ0) is 13.4. The van der Waals surface area contributed by atoms with Gasteiger partial charge in [-0.1, -0.05) is 50.3 Å². The minimum Gasteiger partial charge on any atom is -0.494 e. The average molecular weight is 257 g/mol. The molecule has 2 heteroatoms. The molecule has 2 rings (SSSR count).